The van der Waals surface area contributed by atoms with E-state index < -0.39 is 23.8 Å². The minimum atomic E-state index is -0.847. The minimum Gasteiger partial charge on any atom is -0.468 e. The van der Waals surface area contributed by atoms with Gasteiger partial charge < -0.3 is 19.1 Å². The maximum atomic E-state index is 13.2. The molecule has 0 saturated carbocycles. The van der Waals surface area contributed by atoms with Crippen LogP contribution in [0.3, 0.4) is 0 Å². The third-order valence-electron chi connectivity index (χ3n) is 6.82. The lowest BCUT2D eigenvalue weighted by molar-refractivity contribution is -0.144. The Morgan fingerprint density at radius 1 is 1.10 bits per heavy atom. The van der Waals surface area contributed by atoms with E-state index in [-0.39, 0.29) is 36.9 Å². The number of benzene rings is 1. The van der Waals surface area contributed by atoms with Gasteiger partial charge in [0.05, 0.1) is 44.6 Å². The van der Waals surface area contributed by atoms with Crippen molar-refractivity contribution in [1.82, 2.24) is 9.80 Å². The van der Waals surface area contributed by atoms with Crippen molar-refractivity contribution in [3.63, 3.8) is 0 Å². The lowest BCUT2D eigenvalue weighted by atomic mass is 9.75. The van der Waals surface area contributed by atoms with E-state index in [0.717, 1.165) is 0 Å². The first-order valence-electron chi connectivity index (χ1n) is 13.0. The lowest BCUT2D eigenvalue weighted by Gasteiger charge is -2.34. The zero-order valence-electron chi connectivity index (χ0n) is 22.9. The smallest absolute Gasteiger partial charge is 0.336 e. The molecule has 1 aromatic carbocycles. The molecule has 11 heteroatoms. The number of methoxy groups -OCH3 is 1. The number of hydrogen-bond acceptors (Lipinski definition) is 9. The fraction of sp³-hybridized carbons (Fsp3) is 0.536. The van der Waals surface area contributed by atoms with Gasteiger partial charge in [0.15, 0.2) is 0 Å². The van der Waals surface area contributed by atoms with Crippen LogP contribution in [0, 0.1) is 5.92 Å². The van der Waals surface area contributed by atoms with Gasteiger partial charge in [-0.1, -0.05) is 29.8 Å². The van der Waals surface area contributed by atoms with E-state index in [9.17, 15) is 19.2 Å². The Kier molecular flexibility index (Phi) is 11.2. The number of esters is 2. The third kappa shape index (κ3) is 7.74. The van der Waals surface area contributed by atoms with Crippen molar-refractivity contribution in [3.8, 4) is 0 Å². The molecule has 0 bridgehead atoms. The molecule has 1 aromatic rings. The molecule has 212 valence electrons. The molecule has 1 fully saturated rings. The van der Waals surface area contributed by atoms with Crippen molar-refractivity contribution in [1.29, 1.82) is 0 Å². The van der Waals surface area contributed by atoms with Crippen molar-refractivity contribution in [2.24, 2.45) is 10.9 Å². The summed E-state index contributed by atoms with van der Waals surface area (Å²) in [5.41, 5.74) is 1.70. The maximum Gasteiger partial charge on any atom is 0.336 e. The van der Waals surface area contributed by atoms with Gasteiger partial charge in [0.1, 0.15) is 11.7 Å². The summed E-state index contributed by atoms with van der Waals surface area (Å²) in [6.07, 6.45) is -0.0625. The van der Waals surface area contributed by atoms with E-state index in [1.807, 2.05) is 0 Å². The Morgan fingerprint density at radius 3 is 2.41 bits per heavy atom. The van der Waals surface area contributed by atoms with Crippen molar-refractivity contribution in [3.05, 3.63) is 46.1 Å². The van der Waals surface area contributed by atoms with E-state index >= 15 is 0 Å². The molecule has 2 unspecified atom stereocenters. The van der Waals surface area contributed by atoms with Crippen LogP contribution in [-0.4, -0.2) is 98.8 Å². The third-order valence-corrected chi connectivity index (χ3v) is 7.17. The molecule has 2 heterocycles. The fourth-order valence-electron chi connectivity index (χ4n) is 4.90. The van der Waals surface area contributed by atoms with Gasteiger partial charge in [0.2, 0.25) is 5.91 Å². The van der Waals surface area contributed by atoms with Gasteiger partial charge in [0, 0.05) is 49.4 Å². The molecule has 39 heavy (non-hydrogen) atoms. The lowest BCUT2D eigenvalue weighted by Crippen LogP contribution is -2.49. The highest BCUT2D eigenvalue weighted by molar-refractivity contribution is 6.31. The monoisotopic (exact) mass is 561 g/mol. The normalized spacial score (nSPS) is 19.9. The molecule has 0 spiro atoms. The van der Waals surface area contributed by atoms with Gasteiger partial charge in [0.25, 0.3) is 0 Å². The zero-order valence-corrected chi connectivity index (χ0v) is 23.7. The number of Topliss-reactive ketones (excluding diaryl/α,β-unsaturated/α-hetero) is 1. The van der Waals surface area contributed by atoms with Gasteiger partial charge in [-0.2, -0.15) is 0 Å². The number of hydrogen-bond donors (Lipinski definition) is 0. The second-order valence-corrected chi connectivity index (χ2v) is 9.90. The summed E-state index contributed by atoms with van der Waals surface area (Å²) < 4.78 is 16.4. The summed E-state index contributed by atoms with van der Waals surface area (Å²) >= 11 is 6.54. The number of amides is 1. The highest BCUT2D eigenvalue weighted by Crippen LogP contribution is 2.42. The summed E-state index contributed by atoms with van der Waals surface area (Å²) in [7, 11) is 1.30. The Bertz CT molecular complexity index is 1140. The molecule has 3 rings (SSSR count). The second kappa shape index (κ2) is 14.3. The molecule has 0 aliphatic carbocycles. The van der Waals surface area contributed by atoms with Crippen molar-refractivity contribution in [2.75, 3.05) is 59.7 Å². The van der Waals surface area contributed by atoms with E-state index in [1.54, 1.807) is 43.0 Å². The maximum absolute atomic E-state index is 13.2. The van der Waals surface area contributed by atoms with E-state index in [0.29, 0.717) is 61.3 Å². The predicted octanol–water partition coefficient (Wildman–Crippen LogP) is 2.64. The number of piperazine rings is 1. The number of ether oxygens (including phenoxy) is 3. The van der Waals surface area contributed by atoms with Crippen molar-refractivity contribution >= 4 is 40.9 Å². The molecule has 1 saturated heterocycles. The first-order valence-corrected chi connectivity index (χ1v) is 13.4. The summed E-state index contributed by atoms with van der Waals surface area (Å²) in [4.78, 5) is 57.9. The molecule has 2 aliphatic rings. The Labute approximate surface area is 233 Å². The molecule has 0 radical (unpaired) electrons. The zero-order chi connectivity index (χ0) is 28.5. The summed E-state index contributed by atoms with van der Waals surface area (Å²) in [6.45, 7) is 8.50. The van der Waals surface area contributed by atoms with Crippen molar-refractivity contribution in [2.45, 2.75) is 33.1 Å². The van der Waals surface area contributed by atoms with Crippen LogP contribution in [0.15, 0.2) is 40.5 Å². The Morgan fingerprint density at radius 2 is 1.79 bits per heavy atom. The van der Waals surface area contributed by atoms with Crippen molar-refractivity contribution < 1.29 is 33.4 Å². The highest BCUT2D eigenvalue weighted by atomic mass is 35.5. The molecule has 1 amide bonds. The van der Waals surface area contributed by atoms with Crippen LogP contribution < -0.4 is 0 Å². The van der Waals surface area contributed by atoms with Crippen LogP contribution in [0.25, 0.3) is 0 Å². The summed E-state index contributed by atoms with van der Waals surface area (Å²) in [5.74, 6) is -2.98. The number of carbonyl (C=O) groups is 4. The SMILES string of the molecule is CCOC(=O)C1=C(COCCN2CCN(C(=O)CC(C)=O)CC2)N=C(C)C(C(=O)OC)C1c1ccccc1Cl. The summed E-state index contributed by atoms with van der Waals surface area (Å²) in [5, 5.41) is 0.411. The molecule has 2 aliphatic heterocycles. The molecule has 0 N–H and O–H groups in total. The van der Waals surface area contributed by atoms with E-state index in [2.05, 4.69) is 9.89 Å². The number of nitrogens with zero attached hydrogens (tertiary/aromatic N) is 3. The number of rotatable bonds is 11. The van der Waals surface area contributed by atoms with E-state index in [1.165, 1.54) is 14.0 Å². The molecular weight excluding hydrogens is 526 g/mol. The topological polar surface area (TPSA) is 115 Å². The minimum absolute atomic E-state index is 0.0391. The van der Waals surface area contributed by atoms with Crippen LogP contribution in [0.2, 0.25) is 5.02 Å². The first kappa shape index (κ1) is 30.5. The van der Waals surface area contributed by atoms with Crippen LogP contribution in [0.4, 0.5) is 0 Å². The highest BCUT2D eigenvalue weighted by Gasteiger charge is 2.43. The van der Waals surface area contributed by atoms with Gasteiger partial charge in [-0.3, -0.25) is 24.3 Å². The van der Waals surface area contributed by atoms with Gasteiger partial charge in [-0.15, -0.1) is 0 Å². The summed E-state index contributed by atoms with van der Waals surface area (Å²) in [6, 6.07) is 7.06. The molecular formula is C28H36ClN3O7. The van der Waals surface area contributed by atoms with Crippen LogP contribution >= 0.6 is 11.6 Å². The molecule has 0 aromatic heterocycles. The number of aliphatic imine (C=N–C) groups is 1. The second-order valence-electron chi connectivity index (χ2n) is 9.49. The van der Waals surface area contributed by atoms with Crippen LogP contribution in [-0.2, 0) is 33.4 Å². The first-order chi connectivity index (χ1) is 18.7. The standard InChI is InChI=1S/C28H36ClN3O7/c1-5-39-28(36)26-22(17-38-15-14-31-10-12-32(13-11-31)23(34)16-18(2)33)30-19(3)24(27(35)37-4)25(26)20-8-6-7-9-21(20)29/h6-9,24-25H,5,10-17H2,1-4H3. The number of halogens is 1. The quantitative estimate of drug-likeness (QED) is 0.230. The Balaban J connectivity index is 1.75. The van der Waals surface area contributed by atoms with Gasteiger partial charge in [-0.05, 0) is 32.4 Å². The average Bonchev–Trinajstić information content (AvgIpc) is 2.90. The number of carbonyl (C=O) groups excluding carboxylic acids is 4. The molecule has 2 atom stereocenters. The van der Waals surface area contributed by atoms with Crippen LogP contribution in [0.1, 0.15) is 38.7 Å². The number of ketones is 1. The largest absolute Gasteiger partial charge is 0.468 e. The van der Waals surface area contributed by atoms with Gasteiger partial charge >= 0.3 is 11.9 Å². The predicted molar refractivity (Wildman–Crippen MR) is 146 cm³/mol. The van der Waals surface area contributed by atoms with Crippen LogP contribution in [0.5, 0.6) is 0 Å². The average molecular weight is 562 g/mol. The van der Waals surface area contributed by atoms with E-state index in [4.69, 9.17) is 25.8 Å². The molecule has 10 nitrogen and oxygen atoms in total. The Hall–Kier alpha value is -3.08. The fourth-order valence-corrected chi connectivity index (χ4v) is 5.15. The van der Waals surface area contributed by atoms with Gasteiger partial charge in [-0.25, -0.2) is 4.79 Å².